The number of nitrogens with one attached hydrogen (secondary N) is 1. The third-order valence-electron chi connectivity index (χ3n) is 9.99. The molecule has 232 valence electrons. The topological polar surface area (TPSA) is 109 Å². The number of aliphatic hydroxyl groups is 2. The summed E-state index contributed by atoms with van der Waals surface area (Å²) >= 11 is 0. The van der Waals surface area contributed by atoms with Gasteiger partial charge in [0, 0.05) is 19.1 Å². The first kappa shape index (κ1) is 31.2. The number of epoxide rings is 1. The SMILES string of the molecule is CC=C(C=CC(C)O)CN1C(=O)C2(CCC(O)(C(Cc3ccc(O)cc3CCC)N(CC)CC3CC3)CC2)NC12CO2. The highest BCUT2D eigenvalue weighted by molar-refractivity contribution is 5.90. The van der Waals surface area contributed by atoms with E-state index in [0.29, 0.717) is 44.8 Å². The molecule has 0 bridgehead atoms. The molecule has 0 aromatic heterocycles. The van der Waals surface area contributed by atoms with Crippen LogP contribution in [0.5, 0.6) is 5.75 Å². The normalized spacial score (nSPS) is 31.2. The van der Waals surface area contributed by atoms with Crippen molar-refractivity contribution in [3.05, 3.63) is 53.1 Å². The van der Waals surface area contributed by atoms with Gasteiger partial charge in [0.25, 0.3) is 0 Å². The van der Waals surface area contributed by atoms with Crippen LogP contribution >= 0.6 is 0 Å². The Morgan fingerprint density at radius 1 is 1.21 bits per heavy atom. The maximum Gasteiger partial charge on any atom is 0.246 e. The molecule has 4 N–H and O–H groups in total. The molecule has 2 saturated heterocycles. The zero-order valence-electron chi connectivity index (χ0n) is 25.9. The number of allylic oxidation sites excluding steroid dienone is 1. The molecule has 4 aliphatic rings. The lowest BCUT2D eigenvalue weighted by Gasteiger charge is -2.48. The predicted octanol–water partition coefficient (Wildman–Crippen LogP) is 4.03. The Hall–Kier alpha value is -2.23. The average Bonchev–Trinajstić information content (AvgIpc) is 3.90. The van der Waals surface area contributed by atoms with E-state index in [1.165, 1.54) is 18.4 Å². The van der Waals surface area contributed by atoms with Crippen LogP contribution in [0.2, 0.25) is 0 Å². The zero-order valence-corrected chi connectivity index (χ0v) is 25.9. The Bertz CT molecular complexity index is 1180. The van der Waals surface area contributed by atoms with Crippen molar-refractivity contribution in [2.45, 2.75) is 115 Å². The number of phenolic OH excluding ortho intramolecular Hbond substituents is 1. The second kappa shape index (κ2) is 12.4. The number of hydrogen-bond acceptors (Lipinski definition) is 7. The Labute approximate surface area is 251 Å². The Kier molecular flexibility index (Phi) is 9.22. The zero-order chi connectivity index (χ0) is 30.1. The minimum Gasteiger partial charge on any atom is -0.508 e. The fourth-order valence-electron chi connectivity index (χ4n) is 7.17. The molecule has 2 aliphatic carbocycles. The van der Waals surface area contributed by atoms with E-state index < -0.39 is 23.1 Å². The van der Waals surface area contributed by atoms with Crippen molar-refractivity contribution in [2.75, 3.05) is 26.2 Å². The first-order valence-corrected chi connectivity index (χ1v) is 16.1. The van der Waals surface area contributed by atoms with Gasteiger partial charge in [0.15, 0.2) is 0 Å². The number of rotatable bonds is 13. The molecule has 3 unspecified atom stereocenters. The number of nitrogens with zero attached hydrogens (tertiary/aromatic N) is 2. The van der Waals surface area contributed by atoms with Crippen LogP contribution in [-0.2, 0) is 22.4 Å². The minimum atomic E-state index is -0.932. The van der Waals surface area contributed by atoms with Gasteiger partial charge in [-0.1, -0.05) is 44.6 Å². The highest BCUT2D eigenvalue weighted by atomic mass is 16.6. The molecule has 2 saturated carbocycles. The van der Waals surface area contributed by atoms with E-state index in [0.717, 1.165) is 43.5 Å². The van der Waals surface area contributed by atoms with Gasteiger partial charge in [-0.05, 0) is 107 Å². The van der Waals surface area contributed by atoms with Gasteiger partial charge in [-0.3, -0.25) is 19.9 Å². The monoisotopic (exact) mass is 581 g/mol. The third kappa shape index (κ3) is 6.48. The van der Waals surface area contributed by atoms with Crippen molar-refractivity contribution < 1.29 is 24.9 Å². The van der Waals surface area contributed by atoms with Crippen molar-refractivity contribution in [1.29, 1.82) is 0 Å². The van der Waals surface area contributed by atoms with Crippen molar-refractivity contribution >= 4 is 5.91 Å². The van der Waals surface area contributed by atoms with Gasteiger partial charge in [0.2, 0.25) is 11.8 Å². The van der Waals surface area contributed by atoms with E-state index in [-0.39, 0.29) is 17.7 Å². The fourth-order valence-corrected chi connectivity index (χ4v) is 7.17. The number of benzene rings is 1. The third-order valence-corrected chi connectivity index (χ3v) is 9.99. The summed E-state index contributed by atoms with van der Waals surface area (Å²) in [5.74, 6) is 0.249. The number of phenols is 1. The van der Waals surface area contributed by atoms with Gasteiger partial charge < -0.3 is 20.1 Å². The quantitative estimate of drug-likeness (QED) is 0.206. The van der Waals surface area contributed by atoms with Crippen LogP contribution in [0.25, 0.3) is 0 Å². The summed E-state index contributed by atoms with van der Waals surface area (Å²) in [6.45, 7) is 10.7. The molecule has 1 aromatic carbocycles. The number of aryl methyl sites for hydroxylation is 1. The molecule has 42 heavy (non-hydrogen) atoms. The molecule has 8 nitrogen and oxygen atoms in total. The molecule has 5 rings (SSSR count). The lowest BCUT2D eigenvalue weighted by atomic mass is 9.69. The van der Waals surface area contributed by atoms with Crippen LogP contribution in [0.15, 0.2) is 42.0 Å². The second-order valence-electron chi connectivity index (χ2n) is 13.2. The number of aliphatic hydroxyl groups excluding tert-OH is 1. The van der Waals surface area contributed by atoms with E-state index in [4.69, 9.17) is 4.74 Å². The van der Waals surface area contributed by atoms with Gasteiger partial charge in [0.1, 0.15) is 17.9 Å². The maximum absolute atomic E-state index is 14.1. The van der Waals surface area contributed by atoms with E-state index in [1.54, 1.807) is 19.1 Å². The minimum absolute atomic E-state index is 0.0393. The van der Waals surface area contributed by atoms with Crippen LogP contribution in [-0.4, -0.2) is 86.4 Å². The van der Waals surface area contributed by atoms with Crippen molar-refractivity contribution in [2.24, 2.45) is 5.92 Å². The van der Waals surface area contributed by atoms with E-state index in [9.17, 15) is 20.1 Å². The smallest absolute Gasteiger partial charge is 0.246 e. The van der Waals surface area contributed by atoms with Crippen LogP contribution in [0.3, 0.4) is 0 Å². The van der Waals surface area contributed by atoms with Crippen LogP contribution in [0.4, 0.5) is 0 Å². The van der Waals surface area contributed by atoms with Crippen LogP contribution in [0, 0.1) is 5.92 Å². The summed E-state index contributed by atoms with van der Waals surface area (Å²) < 4.78 is 5.87. The van der Waals surface area contributed by atoms with Gasteiger partial charge >= 0.3 is 0 Å². The number of aromatic hydroxyl groups is 1. The number of amides is 1. The Morgan fingerprint density at radius 2 is 1.93 bits per heavy atom. The first-order chi connectivity index (χ1) is 20.1. The molecule has 2 spiro atoms. The number of carbonyl (C=O) groups excluding carboxylic acids is 1. The number of carbonyl (C=O) groups is 1. The predicted molar refractivity (Wildman–Crippen MR) is 164 cm³/mol. The van der Waals surface area contributed by atoms with E-state index in [1.807, 2.05) is 36.1 Å². The molecule has 3 atom stereocenters. The molecule has 1 amide bonds. The number of ether oxygens (including phenoxy) is 1. The highest BCUT2D eigenvalue weighted by Crippen LogP contribution is 2.48. The van der Waals surface area contributed by atoms with Gasteiger partial charge in [-0.25, -0.2) is 0 Å². The van der Waals surface area contributed by atoms with Gasteiger partial charge in [-0.15, -0.1) is 0 Å². The van der Waals surface area contributed by atoms with Gasteiger partial charge in [0.05, 0.1) is 11.7 Å². The number of likely N-dealkylation sites (N-methyl/N-ethyl adjacent to an activating group) is 1. The van der Waals surface area contributed by atoms with Crippen LogP contribution in [0.1, 0.15) is 83.8 Å². The van der Waals surface area contributed by atoms with Crippen molar-refractivity contribution in [3.8, 4) is 5.75 Å². The molecule has 0 radical (unpaired) electrons. The van der Waals surface area contributed by atoms with Crippen molar-refractivity contribution in [3.63, 3.8) is 0 Å². The maximum atomic E-state index is 14.1. The standard InChI is InChI=1S/C34H51N3O5/c1-5-8-27-19-29(39)14-13-28(27)20-30(36(7-3)21-26-11-12-26)33(41)17-15-32(16-18-33)31(40)37(34(35-32)23-42-34)22-25(6-2)10-9-24(4)38/h6,9-10,13-14,19,24,26,30,35,38-39,41H,5,7-8,11-12,15-18,20-23H2,1-4H3. The summed E-state index contributed by atoms with van der Waals surface area (Å²) in [4.78, 5) is 18.4. The molecule has 4 fully saturated rings. The Morgan fingerprint density at radius 3 is 2.50 bits per heavy atom. The summed E-state index contributed by atoms with van der Waals surface area (Å²) in [6.07, 6.45) is 12.3. The second-order valence-corrected chi connectivity index (χ2v) is 13.2. The van der Waals surface area contributed by atoms with E-state index in [2.05, 4.69) is 24.1 Å². The first-order valence-electron chi connectivity index (χ1n) is 16.1. The molecule has 1 aromatic rings. The summed E-state index contributed by atoms with van der Waals surface area (Å²) in [7, 11) is 0. The van der Waals surface area contributed by atoms with Crippen molar-refractivity contribution in [1.82, 2.24) is 15.1 Å². The lowest BCUT2D eigenvalue weighted by molar-refractivity contribution is -0.138. The molecule has 2 heterocycles. The fraction of sp³-hybridized carbons (Fsp3) is 0.676. The molecule has 2 aliphatic heterocycles. The van der Waals surface area contributed by atoms with Gasteiger partial charge in [-0.2, -0.15) is 0 Å². The highest BCUT2D eigenvalue weighted by Gasteiger charge is 2.67. The largest absolute Gasteiger partial charge is 0.508 e. The lowest BCUT2D eigenvalue weighted by Crippen LogP contribution is -2.61. The summed E-state index contributed by atoms with van der Waals surface area (Å²) in [6, 6.07) is 5.61. The molecular weight excluding hydrogens is 530 g/mol. The average molecular weight is 582 g/mol. The molecular formula is C34H51N3O5. The summed E-state index contributed by atoms with van der Waals surface area (Å²) in [5.41, 5.74) is 1.61. The number of hydrogen-bond donors (Lipinski definition) is 4. The van der Waals surface area contributed by atoms with E-state index >= 15 is 0 Å². The Balaban J connectivity index is 1.36. The van der Waals surface area contributed by atoms with Crippen LogP contribution < -0.4 is 5.32 Å². The molecule has 8 heteroatoms. The summed E-state index contributed by atoms with van der Waals surface area (Å²) in [5, 5.41) is 35.9.